The van der Waals surface area contributed by atoms with Gasteiger partial charge in [-0.05, 0) is 42.7 Å². The first-order valence-corrected chi connectivity index (χ1v) is 10.9. The summed E-state index contributed by atoms with van der Waals surface area (Å²) in [5.41, 5.74) is 4.42. The summed E-state index contributed by atoms with van der Waals surface area (Å²) in [5.74, 6) is -0.391. The van der Waals surface area contributed by atoms with E-state index in [0.717, 1.165) is 22.3 Å². The van der Waals surface area contributed by atoms with E-state index in [2.05, 4.69) is 5.10 Å². The summed E-state index contributed by atoms with van der Waals surface area (Å²) in [4.78, 5) is 26.3. The first-order chi connectivity index (χ1) is 13.5. The monoisotopic (exact) mass is 396 g/mol. The Morgan fingerprint density at radius 3 is 2.21 bits per heavy atom. The third-order valence-corrected chi connectivity index (χ3v) is 4.98. The van der Waals surface area contributed by atoms with Crippen molar-refractivity contribution in [1.82, 2.24) is 5.01 Å². The lowest BCUT2D eigenvalue weighted by Gasteiger charge is -2.19. The summed E-state index contributed by atoms with van der Waals surface area (Å²) >= 11 is 1.61. The van der Waals surface area contributed by atoms with Gasteiger partial charge in [-0.1, -0.05) is 61.9 Å². The molecule has 0 atom stereocenters. The number of rotatable bonds is 9. The first kappa shape index (κ1) is 21.9. The van der Waals surface area contributed by atoms with Crippen LogP contribution in [0.1, 0.15) is 46.5 Å². The lowest BCUT2D eigenvalue weighted by Crippen LogP contribution is -2.33. The number of carbonyl (C=O) groups is 2. The van der Waals surface area contributed by atoms with Gasteiger partial charge in [-0.15, -0.1) is 0 Å². The Morgan fingerprint density at radius 2 is 1.68 bits per heavy atom. The molecule has 0 saturated heterocycles. The van der Waals surface area contributed by atoms with Crippen LogP contribution in [0.4, 0.5) is 0 Å². The zero-order valence-corrected chi connectivity index (χ0v) is 17.9. The zero-order valence-electron chi connectivity index (χ0n) is 17.1. The fourth-order valence-electron chi connectivity index (χ4n) is 3.14. The van der Waals surface area contributed by atoms with Crippen LogP contribution in [0.2, 0.25) is 0 Å². The molecule has 0 radical (unpaired) electrons. The van der Waals surface area contributed by atoms with Crippen molar-refractivity contribution in [2.24, 2.45) is 5.10 Å². The summed E-state index contributed by atoms with van der Waals surface area (Å²) in [6, 6.07) is 13.6. The molecule has 2 aromatic carbocycles. The number of hydrogen-bond donors (Lipinski definition) is 0. The van der Waals surface area contributed by atoms with Crippen LogP contribution in [-0.2, 0) is 24.2 Å². The standard InChI is InChI=1S/C23H28N2O2S/c1-5-19-14-17(3)15-20(6-2)21(19)22(26)23(27)25(24-12-13-28-4)16-18-10-8-7-9-11-18/h7-12,14-15H,5-6,13,16H2,1-4H3/b24-12+. The summed E-state index contributed by atoms with van der Waals surface area (Å²) in [6.07, 6.45) is 5.05. The van der Waals surface area contributed by atoms with Crippen LogP contribution in [0.25, 0.3) is 0 Å². The number of hydrazone groups is 1. The molecule has 0 aliphatic heterocycles. The van der Waals surface area contributed by atoms with E-state index in [1.807, 2.05) is 69.5 Å². The molecule has 0 fully saturated rings. The van der Waals surface area contributed by atoms with Gasteiger partial charge in [0, 0.05) is 17.5 Å². The van der Waals surface area contributed by atoms with E-state index in [4.69, 9.17) is 0 Å². The second-order valence-corrected chi connectivity index (χ2v) is 7.51. The van der Waals surface area contributed by atoms with Crippen LogP contribution < -0.4 is 0 Å². The predicted octanol–water partition coefficient (Wildman–Crippen LogP) is 4.68. The number of aryl methyl sites for hydroxylation is 3. The lowest BCUT2D eigenvalue weighted by atomic mass is 9.92. The summed E-state index contributed by atoms with van der Waals surface area (Å²) in [6.45, 7) is 6.30. The van der Waals surface area contributed by atoms with Crippen molar-refractivity contribution in [3.8, 4) is 0 Å². The molecule has 28 heavy (non-hydrogen) atoms. The summed E-state index contributed by atoms with van der Waals surface area (Å²) < 4.78 is 0. The quantitative estimate of drug-likeness (QED) is 0.268. The van der Waals surface area contributed by atoms with Crippen LogP contribution in [0.3, 0.4) is 0 Å². The Balaban J connectivity index is 2.39. The number of benzene rings is 2. The van der Waals surface area contributed by atoms with Crippen LogP contribution in [0, 0.1) is 6.92 Å². The van der Waals surface area contributed by atoms with Gasteiger partial charge in [0.25, 0.3) is 5.78 Å². The fraction of sp³-hybridized carbons (Fsp3) is 0.348. The molecule has 0 spiro atoms. The van der Waals surface area contributed by atoms with Crippen LogP contribution in [0.15, 0.2) is 47.6 Å². The predicted molar refractivity (Wildman–Crippen MR) is 118 cm³/mol. The zero-order chi connectivity index (χ0) is 20.5. The van der Waals surface area contributed by atoms with Gasteiger partial charge < -0.3 is 0 Å². The molecule has 2 aromatic rings. The molecule has 0 heterocycles. The SMILES string of the molecule is CCc1cc(C)cc(CC)c1C(=O)C(=O)N(Cc1ccccc1)/N=C/CSC. The second-order valence-electron chi connectivity index (χ2n) is 6.60. The van der Waals surface area contributed by atoms with E-state index in [9.17, 15) is 9.59 Å². The van der Waals surface area contributed by atoms with Gasteiger partial charge in [0.1, 0.15) is 0 Å². The fourth-order valence-corrected chi connectivity index (χ4v) is 3.36. The highest BCUT2D eigenvalue weighted by molar-refractivity contribution is 7.99. The molecule has 2 rings (SSSR count). The van der Waals surface area contributed by atoms with Gasteiger partial charge in [-0.3, -0.25) is 9.59 Å². The van der Waals surface area contributed by atoms with E-state index in [1.54, 1.807) is 18.0 Å². The summed E-state index contributed by atoms with van der Waals surface area (Å²) in [5, 5.41) is 5.59. The smallest absolute Gasteiger partial charge is 0.283 e. The number of amides is 1. The third kappa shape index (κ3) is 5.55. The lowest BCUT2D eigenvalue weighted by molar-refractivity contribution is -0.127. The first-order valence-electron chi connectivity index (χ1n) is 9.55. The molecule has 0 unspecified atom stereocenters. The van der Waals surface area contributed by atoms with Gasteiger partial charge in [0.2, 0.25) is 0 Å². The van der Waals surface area contributed by atoms with Crippen molar-refractivity contribution in [3.05, 3.63) is 70.3 Å². The van der Waals surface area contributed by atoms with Gasteiger partial charge in [-0.25, -0.2) is 5.01 Å². The van der Waals surface area contributed by atoms with E-state index in [-0.39, 0.29) is 6.54 Å². The Labute approximate surface area is 172 Å². The third-order valence-electron chi connectivity index (χ3n) is 4.50. The van der Waals surface area contributed by atoms with E-state index in [0.29, 0.717) is 24.2 Å². The molecule has 5 heteroatoms. The number of hydrogen-bond acceptors (Lipinski definition) is 4. The minimum Gasteiger partial charge on any atom is -0.283 e. The maximum Gasteiger partial charge on any atom is 0.315 e. The van der Waals surface area contributed by atoms with Crippen molar-refractivity contribution >= 4 is 29.7 Å². The number of Topliss-reactive ketones (excluding diaryl/α,β-unsaturated/α-hetero) is 1. The van der Waals surface area contributed by atoms with Gasteiger partial charge >= 0.3 is 5.91 Å². The summed E-state index contributed by atoms with van der Waals surface area (Å²) in [7, 11) is 0. The minimum absolute atomic E-state index is 0.269. The highest BCUT2D eigenvalue weighted by Crippen LogP contribution is 2.21. The number of carbonyl (C=O) groups excluding carboxylic acids is 2. The molecule has 0 aliphatic rings. The van der Waals surface area contributed by atoms with Crippen molar-refractivity contribution in [1.29, 1.82) is 0 Å². The Kier molecular flexibility index (Phi) is 8.45. The highest BCUT2D eigenvalue weighted by atomic mass is 32.2. The molecule has 0 aliphatic carbocycles. The molecule has 0 N–H and O–H groups in total. The van der Waals surface area contributed by atoms with Crippen molar-refractivity contribution < 1.29 is 9.59 Å². The van der Waals surface area contributed by atoms with Crippen LogP contribution >= 0.6 is 11.8 Å². The number of ketones is 1. The van der Waals surface area contributed by atoms with Crippen LogP contribution in [-0.4, -0.2) is 34.9 Å². The van der Waals surface area contributed by atoms with Crippen molar-refractivity contribution in [2.75, 3.05) is 12.0 Å². The highest BCUT2D eigenvalue weighted by Gasteiger charge is 2.27. The van der Waals surface area contributed by atoms with Gasteiger partial charge in [0.05, 0.1) is 6.54 Å². The van der Waals surface area contributed by atoms with Crippen LogP contribution in [0.5, 0.6) is 0 Å². The Hall–Kier alpha value is -2.40. The number of thioether (sulfide) groups is 1. The molecule has 1 amide bonds. The average molecular weight is 397 g/mol. The largest absolute Gasteiger partial charge is 0.315 e. The second kappa shape index (κ2) is 10.8. The van der Waals surface area contributed by atoms with E-state index >= 15 is 0 Å². The Bertz CT molecular complexity index is 822. The topological polar surface area (TPSA) is 49.7 Å². The maximum absolute atomic E-state index is 13.2. The van der Waals surface area contributed by atoms with Gasteiger partial charge in [0.15, 0.2) is 0 Å². The van der Waals surface area contributed by atoms with E-state index in [1.165, 1.54) is 5.01 Å². The van der Waals surface area contributed by atoms with E-state index < -0.39 is 11.7 Å². The van der Waals surface area contributed by atoms with Gasteiger partial charge in [-0.2, -0.15) is 16.9 Å². The molecule has 0 aromatic heterocycles. The van der Waals surface area contributed by atoms with Crippen molar-refractivity contribution in [3.63, 3.8) is 0 Å². The Morgan fingerprint density at radius 1 is 1.07 bits per heavy atom. The molecule has 0 saturated carbocycles. The molecule has 4 nitrogen and oxygen atoms in total. The minimum atomic E-state index is -0.588. The average Bonchev–Trinajstić information content (AvgIpc) is 2.72. The molecule has 0 bridgehead atoms. The molecule has 148 valence electrons. The molecular formula is C23H28N2O2S. The van der Waals surface area contributed by atoms with Crippen molar-refractivity contribution in [2.45, 2.75) is 40.2 Å². The number of nitrogens with zero attached hydrogens (tertiary/aromatic N) is 2. The maximum atomic E-state index is 13.2. The molecular weight excluding hydrogens is 368 g/mol. The normalized spacial score (nSPS) is 11.0.